The molecule has 0 heterocycles. The summed E-state index contributed by atoms with van der Waals surface area (Å²) in [6, 6.07) is 8.01. The Morgan fingerprint density at radius 2 is 1.85 bits per heavy atom. The molecular weight excluding hydrogens is 248 g/mol. The largest absolute Gasteiger partial charge is 0.493 e. The van der Waals surface area contributed by atoms with Crippen LogP contribution in [-0.2, 0) is 5.60 Å². The van der Waals surface area contributed by atoms with Gasteiger partial charge in [-0.3, -0.25) is 0 Å². The van der Waals surface area contributed by atoms with Crippen LogP contribution in [0, 0.1) is 5.92 Å². The normalized spacial score (nSPS) is 26.4. The molecule has 2 nitrogen and oxygen atoms in total. The van der Waals surface area contributed by atoms with E-state index in [0.717, 1.165) is 49.3 Å². The molecule has 0 spiro atoms. The van der Waals surface area contributed by atoms with Crippen LogP contribution in [-0.4, -0.2) is 11.7 Å². The highest BCUT2D eigenvalue weighted by Gasteiger charge is 2.36. The first-order valence-electron chi connectivity index (χ1n) is 8.14. The fraction of sp³-hybridized carbons (Fsp3) is 0.667. The highest BCUT2D eigenvalue weighted by Crippen LogP contribution is 2.43. The third-order valence-electron chi connectivity index (χ3n) is 4.48. The van der Waals surface area contributed by atoms with Gasteiger partial charge in [0.2, 0.25) is 0 Å². The van der Waals surface area contributed by atoms with Crippen LogP contribution in [0.25, 0.3) is 0 Å². The topological polar surface area (TPSA) is 29.5 Å². The first kappa shape index (κ1) is 15.4. The summed E-state index contributed by atoms with van der Waals surface area (Å²) in [5.41, 5.74) is 0.303. The zero-order valence-electron chi connectivity index (χ0n) is 12.9. The second-order valence-electron chi connectivity index (χ2n) is 6.11. The molecule has 20 heavy (non-hydrogen) atoms. The lowest BCUT2D eigenvalue weighted by atomic mass is 9.74. The van der Waals surface area contributed by atoms with Crippen molar-refractivity contribution in [2.24, 2.45) is 5.92 Å². The monoisotopic (exact) mass is 276 g/mol. The van der Waals surface area contributed by atoms with E-state index in [2.05, 4.69) is 13.8 Å². The van der Waals surface area contributed by atoms with Gasteiger partial charge in [-0.2, -0.15) is 0 Å². The lowest BCUT2D eigenvalue weighted by Gasteiger charge is -2.37. The van der Waals surface area contributed by atoms with Gasteiger partial charge in [0.15, 0.2) is 0 Å². The number of benzene rings is 1. The molecule has 1 aliphatic rings. The predicted molar refractivity (Wildman–Crippen MR) is 83.0 cm³/mol. The maximum atomic E-state index is 11.0. The van der Waals surface area contributed by atoms with Gasteiger partial charge >= 0.3 is 0 Å². The lowest BCUT2D eigenvalue weighted by molar-refractivity contribution is -0.0173. The fourth-order valence-corrected chi connectivity index (χ4v) is 3.31. The molecule has 0 aromatic heterocycles. The lowest BCUT2D eigenvalue weighted by Crippen LogP contribution is -2.32. The number of aliphatic hydroxyl groups is 1. The molecule has 1 aromatic rings. The molecule has 1 aliphatic carbocycles. The summed E-state index contributed by atoms with van der Waals surface area (Å²) in [5, 5.41) is 11.0. The maximum absolute atomic E-state index is 11.0. The molecule has 0 unspecified atom stereocenters. The van der Waals surface area contributed by atoms with Crippen molar-refractivity contribution < 1.29 is 9.84 Å². The number of hydrogen-bond acceptors (Lipinski definition) is 2. The van der Waals surface area contributed by atoms with E-state index in [-0.39, 0.29) is 0 Å². The molecule has 0 amide bonds. The second kappa shape index (κ2) is 7.12. The molecule has 0 radical (unpaired) electrons. The summed E-state index contributed by atoms with van der Waals surface area (Å²) in [6.07, 6.45) is 7.53. The van der Waals surface area contributed by atoms with Crippen LogP contribution in [0.5, 0.6) is 5.75 Å². The van der Waals surface area contributed by atoms with Gasteiger partial charge in [-0.15, -0.1) is 0 Å². The molecule has 112 valence electrons. The quantitative estimate of drug-likeness (QED) is 0.819. The van der Waals surface area contributed by atoms with Crippen molar-refractivity contribution in [2.75, 3.05) is 6.61 Å². The Balaban J connectivity index is 2.10. The third-order valence-corrected chi connectivity index (χ3v) is 4.48. The smallest absolute Gasteiger partial charge is 0.125 e. The van der Waals surface area contributed by atoms with Crippen LogP contribution < -0.4 is 4.74 Å². The van der Waals surface area contributed by atoms with Crippen LogP contribution in [0.3, 0.4) is 0 Å². The summed E-state index contributed by atoms with van der Waals surface area (Å²) in [5.74, 6) is 1.66. The van der Waals surface area contributed by atoms with Crippen molar-refractivity contribution in [1.82, 2.24) is 0 Å². The van der Waals surface area contributed by atoms with Crippen LogP contribution in [0.15, 0.2) is 24.3 Å². The minimum Gasteiger partial charge on any atom is -0.493 e. The first-order valence-corrected chi connectivity index (χ1v) is 8.14. The van der Waals surface area contributed by atoms with Gasteiger partial charge in [0.05, 0.1) is 12.2 Å². The molecule has 0 aliphatic heterocycles. The molecule has 1 aromatic carbocycles. The Hall–Kier alpha value is -1.02. The number of para-hydroxylation sites is 1. The van der Waals surface area contributed by atoms with Gasteiger partial charge in [0.25, 0.3) is 0 Å². The standard InChI is InChI=1S/C18H28O2/c1-3-7-15-10-12-18(19,13-11-15)16-8-5-6-9-17(16)20-14-4-2/h5-6,8-9,15,19H,3-4,7,10-14H2,1-2H3. The van der Waals surface area contributed by atoms with Crippen molar-refractivity contribution >= 4 is 0 Å². The first-order chi connectivity index (χ1) is 9.69. The highest BCUT2D eigenvalue weighted by atomic mass is 16.5. The van der Waals surface area contributed by atoms with E-state index >= 15 is 0 Å². The average Bonchev–Trinajstić information content (AvgIpc) is 2.48. The molecule has 1 saturated carbocycles. The fourth-order valence-electron chi connectivity index (χ4n) is 3.31. The van der Waals surface area contributed by atoms with Crippen molar-refractivity contribution in [2.45, 2.75) is 64.4 Å². The van der Waals surface area contributed by atoms with Gasteiger partial charge in [-0.05, 0) is 44.1 Å². The summed E-state index contributed by atoms with van der Waals surface area (Å²) in [6.45, 7) is 5.06. The summed E-state index contributed by atoms with van der Waals surface area (Å²) in [7, 11) is 0. The van der Waals surface area contributed by atoms with E-state index in [1.807, 2.05) is 24.3 Å². The summed E-state index contributed by atoms with van der Waals surface area (Å²) < 4.78 is 5.82. The zero-order valence-corrected chi connectivity index (χ0v) is 12.9. The van der Waals surface area contributed by atoms with Crippen molar-refractivity contribution in [3.05, 3.63) is 29.8 Å². The van der Waals surface area contributed by atoms with Gasteiger partial charge in [0, 0.05) is 5.56 Å². The Kier molecular flexibility index (Phi) is 5.47. The molecule has 0 saturated heterocycles. The minimum absolute atomic E-state index is 0.686. The molecule has 1 fully saturated rings. The Bertz CT molecular complexity index is 406. The van der Waals surface area contributed by atoms with Gasteiger partial charge in [-0.25, -0.2) is 0 Å². The number of hydrogen-bond donors (Lipinski definition) is 1. The van der Waals surface area contributed by atoms with Crippen LogP contribution in [0.4, 0.5) is 0 Å². The van der Waals surface area contributed by atoms with E-state index in [4.69, 9.17) is 4.74 Å². The Morgan fingerprint density at radius 3 is 2.50 bits per heavy atom. The van der Waals surface area contributed by atoms with E-state index in [1.165, 1.54) is 12.8 Å². The Labute approximate surface area is 123 Å². The predicted octanol–water partition coefficient (Wildman–Crippen LogP) is 4.65. The maximum Gasteiger partial charge on any atom is 0.125 e. The molecule has 2 heteroatoms. The van der Waals surface area contributed by atoms with E-state index in [0.29, 0.717) is 6.61 Å². The van der Waals surface area contributed by atoms with Gasteiger partial charge < -0.3 is 9.84 Å². The summed E-state index contributed by atoms with van der Waals surface area (Å²) in [4.78, 5) is 0. The van der Waals surface area contributed by atoms with Crippen molar-refractivity contribution in [1.29, 1.82) is 0 Å². The number of rotatable bonds is 6. The average molecular weight is 276 g/mol. The molecule has 0 bridgehead atoms. The van der Waals surface area contributed by atoms with E-state index < -0.39 is 5.60 Å². The van der Waals surface area contributed by atoms with Crippen molar-refractivity contribution in [3.63, 3.8) is 0 Å². The molecule has 1 N–H and O–H groups in total. The van der Waals surface area contributed by atoms with E-state index in [9.17, 15) is 5.11 Å². The minimum atomic E-state index is -0.686. The zero-order chi connectivity index (χ0) is 14.4. The second-order valence-corrected chi connectivity index (χ2v) is 6.11. The molecular formula is C18H28O2. The van der Waals surface area contributed by atoms with Gasteiger partial charge in [0.1, 0.15) is 5.75 Å². The summed E-state index contributed by atoms with van der Waals surface area (Å²) >= 11 is 0. The highest BCUT2D eigenvalue weighted by molar-refractivity contribution is 5.38. The Morgan fingerprint density at radius 1 is 1.15 bits per heavy atom. The van der Waals surface area contributed by atoms with E-state index in [1.54, 1.807) is 0 Å². The molecule has 2 rings (SSSR count). The SMILES string of the molecule is CCCOc1ccccc1C1(O)CCC(CCC)CC1. The third kappa shape index (κ3) is 3.54. The van der Waals surface area contributed by atoms with Gasteiger partial charge in [-0.1, -0.05) is 44.9 Å². The number of ether oxygens (including phenoxy) is 1. The van der Waals surface area contributed by atoms with Crippen LogP contribution in [0.2, 0.25) is 0 Å². The van der Waals surface area contributed by atoms with Crippen molar-refractivity contribution in [3.8, 4) is 5.75 Å². The van der Waals surface area contributed by atoms with Crippen LogP contribution >= 0.6 is 0 Å². The van der Waals surface area contributed by atoms with Crippen LogP contribution in [0.1, 0.15) is 64.4 Å². The molecule has 0 atom stereocenters.